The van der Waals surface area contributed by atoms with Crippen molar-refractivity contribution in [2.75, 3.05) is 20.3 Å². The van der Waals surface area contributed by atoms with Crippen molar-refractivity contribution in [3.05, 3.63) is 33.8 Å². The second-order valence-corrected chi connectivity index (χ2v) is 6.82. The highest BCUT2D eigenvalue weighted by Crippen LogP contribution is 2.37. The van der Waals surface area contributed by atoms with Gasteiger partial charge >= 0.3 is 0 Å². The lowest BCUT2D eigenvalue weighted by atomic mass is 9.89. The highest BCUT2D eigenvalue weighted by atomic mass is 35.5. The van der Waals surface area contributed by atoms with Crippen molar-refractivity contribution in [1.29, 1.82) is 0 Å². The molecule has 1 spiro atoms. The van der Waals surface area contributed by atoms with Crippen LogP contribution in [0.15, 0.2) is 18.2 Å². The van der Waals surface area contributed by atoms with Crippen LogP contribution in [0.2, 0.25) is 10.0 Å². The van der Waals surface area contributed by atoms with Gasteiger partial charge in [-0.15, -0.1) is 0 Å². The highest BCUT2D eigenvalue weighted by Gasteiger charge is 2.40. The summed E-state index contributed by atoms with van der Waals surface area (Å²) in [5, 5.41) is 1.23. The normalized spacial score (nSPS) is 22.3. The number of benzene rings is 1. The van der Waals surface area contributed by atoms with Gasteiger partial charge in [0.05, 0.1) is 23.3 Å². The summed E-state index contributed by atoms with van der Waals surface area (Å²) >= 11 is 12.0. The maximum absolute atomic E-state index is 6.08. The standard InChI is InChI=1S/C16H21Cl2NO2/c1-19(11-12-2-3-14(17)15(18)10-12)13-4-6-16(7-5-13)20-8-9-21-16/h2-3,10,13H,4-9,11H2,1H3. The third-order valence-corrected chi connectivity index (χ3v) is 5.31. The van der Waals surface area contributed by atoms with Gasteiger partial charge in [-0.2, -0.15) is 0 Å². The number of ether oxygens (including phenoxy) is 2. The van der Waals surface area contributed by atoms with Crippen LogP contribution in [-0.4, -0.2) is 37.0 Å². The Kier molecular flexibility index (Phi) is 4.77. The summed E-state index contributed by atoms with van der Waals surface area (Å²) in [7, 11) is 2.17. The Bertz CT molecular complexity index is 493. The third-order valence-electron chi connectivity index (χ3n) is 4.57. The average Bonchev–Trinajstić information content (AvgIpc) is 2.92. The van der Waals surface area contributed by atoms with Crippen molar-refractivity contribution in [2.45, 2.75) is 44.1 Å². The molecular weight excluding hydrogens is 309 g/mol. The van der Waals surface area contributed by atoms with Crippen molar-refractivity contribution < 1.29 is 9.47 Å². The minimum atomic E-state index is -0.277. The van der Waals surface area contributed by atoms with Crippen molar-refractivity contribution in [3.63, 3.8) is 0 Å². The zero-order chi connectivity index (χ0) is 14.9. The molecule has 1 aromatic carbocycles. The molecule has 3 rings (SSSR count). The molecule has 0 radical (unpaired) electrons. The molecule has 0 aromatic heterocycles. The van der Waals surface area contributed by atoms with Gasteiger partial charge in [0, 0.05) is 25.4 Å². The van der Waals surface area contributed by atoms with Gasteiger partial charge in [-0.05, 0) is 37.6 Å². The number of halogens is 2. The van der Waals surface area contributed by atoms with Crippen LogP contribution in [0.25, 0.3) is 0 Å². The Hall–Kier alpha value is -0.320. The molecule has 3 nitrogen and oxygen atoms in total. The zero-order valence-corrected chi connectivity index (χ0v) is 13.8. The maximum Gasteiger partial charge on any atom is 0.168 e. The summed E-state index contributed by atoms with van der Waals surface area (Å²) in [4.78, 5) is 2.39. The van der Waals surface area contributed by atoms with Gasteiger partial charge in [-0.3, -0.25) is 4.90 Å². The number of hydrogen-bond acceptors (Lipinski definition) is 3. The molecule has 116 valence electrons. The predicted octanol–water partition coefficient (Wildman–Crippen LogP) is 4.11. The van der Waals surface area contributed by atoms with Crippen molar-refractivity contribution in [3.8, 4) is 0 Å². The van der Waals surface area contributed by atoms with E-state index in [2.05, 4.69) is 11.9 Å². The van der Waals surface area contributed by atoms with Crippen LogP contribution < -0.4 is 0 Å². The second kappa shape index (κ2) is 6.43. The van der Waals surface area contributed by atoms with E-state index < -0.39 is 0 Å². The molecule has 1 aliphatic heterocycles. The summed E-state index contributed by atoms with van der Waals surface area (Å²) in [6, 6.07) is 6.42. The van der Waals surface area contributed by atoms with Gasteiger partial charge in [0.1, 0.15) is 0 Å². The Morgan fingerprint density at radius 3 is 2.43 bits per heavy atom. The molecule has 0 unspecified atom stereocenters. The third kappa shape index (κ3) is 3.54. The fourth-order valence-corrected chi connectivity index (χ4v) is 3.64. The first-order valence-electron chi connectivity index (χ1n) is 7.50. The van der Waals surface area contributed by atoms with Crippen LogP contribution in [0.1, 0.15) is 31.2 Å². The van der Waals surface area contributed by atoms with E-state index in [0.717, 1.165) is 45.4 Å². The van der Waals surface area contributed by atoms with Crippen molar-refractivity contribution in [1.82, 2.24) is 4.90 Å². The molecule has 1 saturated heterocycles. The molecule has 0 atom stereocenters. The van der Waals surface area contributed by atoms with Gasteiger partial charge in [0.25, 0.3) is 0 Å². The van der Waals surface area contributed by atoms with Crippen LogP contribution in [-0.2, 0) is 16.0 Å². The number of rotatable bonds is 3. The molecule has 0 N–H and O–H groups in total. The van der Waals surface area contributed by atoms with E-state index in [0.29, 0.717) is 16.1 Å². The Morgan fingerprint density at radius 1 is 1.14 bits per heavy atom. The molecule has 1 saturated carbocycles. The fourth-order valence-electron chi connectivity index (χ4n) is 3.32. The van der Waals surface area contributed by atoms with E-state index in [1.807, 2.05) is 18.2 Å². The van der Waals surface area contributed by atoms with Crippen molar-refractivity contribution in [2.24, 2.45) is 0 Å². The topological polar surface area (TPSA) is 21.7 Å². The Labute approximate surface area is 136 Å². The van der Waals surface area contributed by atoms with Crippen LogP contribution >= 0.6 is 23.2 Å². The molecule has 1 heterocycles. The first kappa shape index (κ1) is 15.6. The molecule has 1 aliphatic carbocycles. The second-order valence-electron chi connectivity index (χ2n) is 6.00. The minimum absolute atomic E-state index is 0.277. The van der Waals surface area contributed by atoms with Gasteiger partial charge in [0.2, 0.25) is 0 Å². The number of nitrogens with zero attached hydrogens (tertiary/aromatic N) is 1. The molecular formula is C16H21Cl2NO2. The van der Waals surface area contributed by atoms with E-state index in [4.69, 9.17) is 32.7 Å². The Balaban J connectivity index is 1.56. The molecule has 0 bridgehead atoms. The predicted molar refractivity (Wildman–Crippen MR) is 84.8 cm³/mol. The van der Waals surface area contributed by atoms with E-state index >= 15 is 0 Å². The molecule has 1 aromatic rings. The molecule has 5 heteroatoms. The van der Waals surface area contributed by atoms with Crippen molar-refractivity contribution >= 4 is 23.2 Å². The van der Waals surface area contributed by atoms with Gasteiger partial charge in [-0.1, -0.05) is 29.3 Å². The fraction of sp³-hybridized carbons (Fsp3) is 0.625. The van der Waals surface area contributed by atoms with Crippen LogP contribution in [0.5, 0.6) is 0 Å². The zero-order valence-electron chi connectivity index (χ0n) is 12.3. The maximum atomic E-state index is 6.08. The molecule has 0 amide bonds. The summed E-state index contributed by atoms with van der Waals surface area (Å²) in [5.41, 5.74) is 1.19. The van der Waals surface area contributed by atoms with Crippen LogP contribution in [0.4, 0.5) is 0 Å². The quantitative estimate of drug-likeness (QED) is 0.832. The summed E-state index contributed by atoms with van der Waals surface area (Å²) in [5.74, 6) is -0.277. The summed E-state index contributed by atoms with van der Waals surface area (Å²) < 4.78 is 11.6. The van der Waals surface area contributed by atoms with Gasteiger partial charge < -0.3 is 9.47 Å². The smallest absolute Gasteiger partial charge is 0.168 e. The SMILES string of the molecule is CN(Cc1ccc(Cl)c(Cl)c1)C1CCC2(CC1)OCCO2. The molecule has 21 heavy (non-hydrogen) atoms. The first-order chi connectivity index (χ1) is 10.1. The lowest BCUT2D eigenvalue weighted by molar-refractivity contribution is -0.183. The van der Waals surface area contributed by atoms with E-state index in [1.165, 1.54) is 5.56 Å². The van der Waals surface area contributed by atoms with E-state index in [9.17, 15) is 0 Å². The van der Waals surface area contributed by atoms with E-state index in [-0.39, 0.29) is 5.79 Å². The summed E-state index contributed by atoms with van der Waals surface area (Å²) in [6.45, 7) is 2.36. The monoisotopic (exact) mass is 329 g/mol. The average molecular weight is 330 g/mol. The lowest BCUT2D eigenvalue weighted by Crippen LogP contribution is -2.42. The largest absolute Gasteiger partial charge is 0.348 e. The van der Waals surface area contributed by atoms with Crippen LogP contribution in [0, 0.1) is 0 Å². The van der Waals surface area contributed by atoms with Crippen LogP contribution in [0.3, 0.4) is 0 Å². The lowest BCUT2D eigenvalue weighted by Gasteiger charge is -2.39. The Morgan fingerprint density at radius 2 is 1.81 bits per heavy atom. The summed E-state index contributed by atoms with van der Waals surface area (Å²) in [6.07, 6.45) is 4.20. The number of hydrogen-bond donors (Lipinski definition) is 0. The molecule has 2 aliphatic rings. The van der Waals surface area contributed by atoms with Gasteiger partial charge in [-0.25, -0.2) is 0 Å². The minimum Gasteiger partial charge on any atom is -0.348 e. The molecule has 2 fully saturated rings. The highest BCUT2D eigenvalue weighted by molar-refractivity contribution is 6.42. The first-order valence-corrected chi connectivity index (χ1v) is 8.26. The van der Waals surface area contributed by atoms with E-state index in [1.54, 1.807) is 0 Å². The van der Waals surface area contributed by atoms with Gasteiger partial charge in [0.15, 0.2) is 5.79 Å².